The van der Waals surface area contributed by atoms with Crippen molar-refractivity contribution in [2.45, 2.75) is 46.1 Å². The molecule has 1 unspecified atom stereocenters. The van der Waals surface area contributed by atoms with Gasteiger partial charge in [0.15, 0.2) is 0 Å². The molecule has 0 bridgehead atoms. The van der Waals surface area contributed by atoms with Crippen LogP contribution < -0.4 is 5.32 Å². The van der Waals surface area contributed by atoms with E-state index in [0.717, 1.165) is 19.4 Å². The highest BCUT2D eigenvalue weighted by Crippen LogP contribution is 2.18. The first-order valence-electron chi connectivity index (χ1n) is 7.87. The van der Waals surface area contributed by atoms with Crippen molar-refractivity contribution in [1.29, 1.82) is 0 Å². The Kier molecular flexibility index (Phi) is 7.15. The van der Waals surface area contributed by atoms with Crippen molar-refractivity contribution in [2.75, 3.05) is 19.6 Å². The van der Waals surface area contributed by atoms with E-state index in [1.165, 1.54) is 6.08 Å². The summed E-state index contributed by atoms with van der Waals surface area (Å²) in [5.41, 5.74) is -0.476. The van der Waals surface area contributed by atoms with Gasteiger partial charge in [-0.25, -0.2) is 4.79 Å². The van der Waals surface area contributed by atoms with Gasteiger partial charge in [0.2, 0.25) is 5.91 Å². The summed E-state index contributed by atoms with van der Waals surface area (Å²) in [6.45, 7) is 9.43. The van der Waals surface area contributed by atoms with E-state index in [-0.39, 0.29) is 17.9 Å². The first-order chi connectivity index (χ1) is 10.3. The van der Waals surface area contributed by atoms with Crippen molar-refractivity contribution in [1.82, 2.24) is 10.2 Å². The van der Waals surface area contributed by atoms with Crippen LogP contribution in [-0.4, -0.2) is 42.1 Å². The smallest absolute Gasteiger partial charge is 0.410 e. The summed E-state index contributed by atoms with van der Waals surface area (Å²) in [6, 6.07) is 0. The van der Waals surface area contributed by atoms with Crippen LogP contribution in [0.3, 0.4) is 0 Å². The Morgan fingerprint density at radius 3 is 2.68 bits per heavy atom. The summed E-state index contributed by atoms with van der Waals surface area (Å²) in [7, 11) is 0. The van der Waals surface area contributed by atoms with E-state index >= 15 is 0 Å². The van der Waals surface area contributed by atoms with E-state index in [9.17, 15) is 9.59 Å². The van der Waals surface area contributed by atoms with Crippen LogP contribution in [-0.2, 0) is 9.53 Å². The van der Waals surface area contributed by atoms with E-state index < -0.39 is 5.60 Å². The molecule has 0 radical (unpaired) electrons. The minimum absolute atomic E-state index is 0.104. The van der Waals surface area contributed by atoms with Gasteiger partial charge in [-0.05, 0) is 46.5 Å². The number of nitrogens with zero attached hydrogens (tertiary/aromatic N) is 1. The number of hydrogen-bond donors (Lipinski definition) is 1. The number of ether oxygens (including phenoxy) is 1. The molecule has 5 nitrogen and oxygen atoms in total. The molecule has 1 fully saturated rings. The first kappa shape index (κ1) is 18.3. The van der Waals surface area contributed by atoms with Gasteiger partial charge in [-0.1, -0.05) is 18.2 Å². The predicted molar refractivity (Wildman–Crippen MR) is 87.5 cm³/mol. The number of carbonyl (C=O) groups excluding carboxylic acids is 2. The Hall–Kier alpha value is -1.78. The molecule has 1 atom stereocenters. The SMILES string of the molecule is C/C=C/C=C/C(=O)NCC1CCCN(C(=O)OC(C)(C)C)C1. The number of nitrogens with one attached hydrogen (secondary N) is 1. The molecule has 5 heteroatoms. The number of likely N-dealkylation sites (tertiary alicyclic amines) is 1. The molecule has 1 heterocycles. The largest absolute Gasteiger partial charge is 0.444 e. The van der Waals surface area contributed by atoms with E-state index in [2.05, 4.69) is 5.32 Å². The van der Waals surface area contributed by atoms with Crippen molar-refractivity contribution in [3.63, 3.8) is 0 Å². The van der Waals surface area contributed by atoms with E-state index in [0.29, 0.717) is 13.1 Å². The van der Waals surface area contributed by atoms with Crippen molar-refractivity contribution in [3.05, 3.63) is 24.3 Å². The molecule has 2 amide bonds. The maximum absolute atomic E-state index is 12.1. The maximum atomic E-state index is 12.1. The van der Waals surface area contributed by atoms with Crippen molar-refractivity contribution >= 4 is 12.0 Å². The molecule has 0 aromatic rings. The lowest BCUT2D eigenvalue weighted by Gasteiger charge is -2.34. The topological polar surface area (TPSA) is 58.6 Å². The lowest BCUT2D eigenvalue weighted by molar-refractivity contribution is -0.116. The normalized spacial score (nSPS) is 19.6. The number of rotatable bonds is 4. The minimum Gasteiger partial charge on any atom is -0.444 e. The van der Waals surface area contributed by atoms with E-state index in [4.69, 9.17) is 4.74 Å². The van der Waals surface area contributed by atoms with Gasteiger partial charge in [-0.15, -0.1) is 0 Å². The molecule has 1 N–H and O–H groups in total. The van der Waals surface area contributed by atoms with Crippen LogP contribution >= 0.6 is 0 Å². The van der Waals surface area contributed by atoms with Gasteiger partial charge in [0.1, 0.15) is 5.60 Å². The number of allylic oxidation sites excluding steroid dienone is 3. The molecule has 0 aliphatic carbocycles. The summed E-state index contributed by atoms with van der Waals surface area (Å²) in [5, 5.41) is 2.88. The van der Waals surface area contributed by atoms with Gasteiger partial charge in [-0.3, -0.25) is 4.79 Å². The molecule has 0 saturated carbocycles. The van der Waals surface area contributed by atoms with Gasteiger partial charge < -0.3 is 15.0 Å². The zero-order chi connectivity index (χ0) is 16.6. The second-order valence-electron chi connectivity index (χ2n) is 6.56. The Labute approximate surface area is 133 Å². The highest BCUT2D eigenvalue weighted by Gasteiger charge is 2.27. The van der Waals surface area contributed by atoms with Gasteiger partial charge in [0, 0.05) is 25.7 Å². The molecule has 0 spiro atoms. The third-order valence-corrected chi connectivity index (χ3v) is 3.29. The molecular formula is C17H28N2O3. The fourth-order valence-corrected chi connectivity index (χ4v) is 2.28. The van der Waals surface area contributed by atoms with E-state index in [1.54, 1.807) is 11.0 Å². The second kappa shape index (κ2) is 8.61. The molecular weight excluding hydrogens is 280 g/mol. The molecule has 1 saturated heterocycles. The molecule has 22 heavy (non-hydrogen) atoms. The molecule has 1 aliphatic rings. The number of carbonyl (C=O) groups is 2. The van der Waals surface area contributed by atoms with E-state index in [1.807, 2.05) is 39.8 Å². The Balaban J connectivity index is 2.40. The standard InChI is InChI=1S/C17H28N2O3/c1-5-6-7-10-15(20)18-12-14-9-8-11-19(13-14)16(21)22-17(2,3)4/h5-7,10,14H,8-9,11-13H2,1-4H3,(H,18,20)/b6-5+,10-7+. The fourth-order valence-electron chi connectivity index (χ4n) is 2.28. The van der Waals surface area contributed by atoms with Gasteiger partial charge in [-0.2, -0.15) is 0 Å². The highest BCUT2D eigenvalue weighted by atomic mass is 16.6. The number of hydrogen-bond acceptors (Lipinski definition) is 3. The monoisotopic (exact) mass is 308 g/mol. The Morgan fingerprint density at radius 1 is 1.32 bits per heavy atom. The average molecular weight is 308 g/mol. The average Bonchev–Trinajstić information content (AvgIpc) is 2.44. The lowest BCUT2D eigenvalue weighted by atomic mass is 9.98. The summed E-state index contributed by atoms with van der Waals surface area (Å²) >= 11 is 0. The molecule has 124 valence electrons. The first-order valence-corrected chi connectivity index (χ1v) is 7.87. The molecule has 0 aromatic heterocycles. The van der Waals surface area contributed by atoms with Crippen LogP contribution in [0.1, 0.15) is 40.5 Å². The van der Waals surface area contributed by atoms with Crippen molar-refractivity contribution < 1.29 is 14.3 Å². The lowest BCUT2D eigenvalue weighted by Crippen LogP contribution is -2.45. The van der Waals surface area contributed by atoms with Crippen LogP contribution in [0, 0.1) is 5.92 Å². The summed E-state index contributed by atoms with van der Waals surface area (Å²) < 4.78 is 5.40. The zero-order valence-corrected chi connectivity index (χ0v) is 14.1. The van der Waals surface area contributed by atoms with Gasteiger partial charge >= 0.3 is 6.09 Å². The summed E-state index contributed by atoms with van der Waals surface area (Å²) in [4.78, 5) is 25.4. The number of piperidine rings is 1. The van der Waals surface area contributed by atoms with Crippen LogP contribution in [0.2, 0.25) is 0 Å². The van der Waals surface area contributed by atoms with Crippen molar-refractivity contribution in [2.24, 2.45) is 5.92 Å². The van der Waals surface area contributed by atoms with Gasteiger partial charge in [0.25, 0.3) is 0 Å². The van der Waals surface area contributed by atoms with Crippen LogP contribution in [0.15, 0.2) is 24.3 Å². The number of amides is 2. The van der Waals surface area contributed by atoms with Crippen LogP contribution in [0.25, 0.3) is 0 Å². The molecule has 0 aromatic carbocycles. The Bertz CT molecular complexity index is 436. The maximum Gasteiger partial charge on any atom is 0.410 e. The quantitative estimate of drug-likeness (QED) is 0.642. The van der Waals surface area contributed by atoms with Crippen LogP contribution in [0.5, 0.6) is 0 Å². The summed E-state index contributed by atoms with van der Waals surface area (Å²) in [5.74, 6) is 0.174. The summed E-state index contributed by atoms with van der Waals surface area (Å²) in [6.07, 6.45) is 8.58. The minimum atomic E-state index is -0.476. The second-order valence-corrected chi connectivity index (χ2v) is 6.56. The highest BCUT2D eigenvalue weighted by molar-refractivity contribution is 5.87. The third-order valence-electron chi connectivity index (χ3n) is 3.29. The van der Waals surface area contributed by atoms with Crippen LogP contribution in [0.4, 0.5) is 4.79 Å². The molecule has 1 rings (SSSR count). The fraction of sp³-hybridized carbons (Fsp3) is 0.647. The zero-order valence-electron chi connectivity index (χ0n) is 14.1. The Morgan fingerprint density at radius 2 is 2.05 bits per heavy atom. The third kappa shape index (κ3) is 7.29. The van der Waals surface area contributed by atoms with Gasteiger partial charge in [0.05, 0.1) is 0 Å². The van der Waals surface area contributed by atoms with Crippen molar-refractivity contribution in [3.8, 4) is 0 Å². The molecule has 1 aliphatic heterocycles. The predicted octanol–water partition coefficient (Wildman–Crippen LogP) is 2.88.